The van der Waals surface area contributed by atoms with Crippen LogP contribution in [0.4, 0.5) is 5.69 Å². The molecule has 9 nitrogen and oxygen atoms in total. The fraction of sp³-hybridized carbons (Fsp3) is 0.292. The Balaban J connectivity index is 1.48. The van der Waals surface area contributed by atoms with Crippen molar-refractivity contribution >= 4 is 27.4 Å². The highest BCUT2D eigenvalue weighted by molar-refractivity contribution is 7.89. The first kappa shape index (κ1) is 23.8. The molecule has 0 saturated carbocycles. The van der Waals surface area contributed by atoms with Gasteiger partial charge in [-0.2, -0.15) is 9.40 Å². The molecule has 178 valence electrons. The Labute approximate surface area is 199 Å². The zero-order valence-corrected chi connectivity index (χ0v) is 20.2. The molecule has 10 heteroatoms. The summed E-state index contributed by atoms with van der Waals surface area (Å²) in [5.74, 6) is -1.51. The van der Waals surface area contributed by atoms with Gasteiger partial charge in [0.1, 0.15) is 0 Å². The number of hydrogen-bond acceptors (Lipinski definition) is 6. The van der Waals surface area contributed by atoms with Crippen molar-refractivity contribution in [2.24, 2.45) is 0 Å². The number of aromatic nitrogens is 2. The van der Waals surface area contributed by atoms with Gasteiger partial charge in [0.05, 0.1) is 27.5 Å². The molecule has 0 atom stereocenters. The fourth-order valence-electron chi connectivity index (χ4n) is 3.98. The average molecular weight is 482 g/mol. The van der Waals surface area contributed by atoms with E-state index in [0.29, 0.717) is 43.3 Å². The number of nitrogens with one attached hydrogen (secondary N) is 1. The number of piperazine rings is 1. The Hall–Kier alpha value is -3.34. The summed E-state index contributed by atoms with van der Waals surface area (Å²) < 4.78 is 28.8. The third-order valence-electron chi connectivity index (χ3n) is 5.94. The smallest absolute Gasteiger partial charge is 0.296 e. The van der Waals surface area contributed by atoms with E-state index < -0.39 is 21.7 Å². The third kappa shape index (κ3) is 4.65. The van der Waals surface area contributed by atoms with Crippen molar-refractivity contribution in [1.82, 2.24) is 19.0 Å². The lowest BCUT2D eigenvalue weighted by atomic mass is 10.1. The molecule has 1 aromatic heterocycles. The van der Waals surface area contributed by atoms with Crippen molar-refractivity contribution in [3.63, 3.8) is 0 Å². The lowest BCUT2D eigenvalue weighted by Crippen LogP contribution is -2.46. The van der Waals surface area contributed by atoms with E-state index in [1.54, 1.807) is 18.5 Å². The maximum atomic E-state index is 12.9. The molecule has 1 aliphatic heterocycles. The number of nitrogens with zero attached hydrogens (tertiary/aromatic N) is 4. The second-order valence-corrected chi connectivity index (χ2v) is 10.2. The van der Waals surface area contributed by atoms with Gasteiger partial charge in [0.15, 0.2) is 0 Å². The van der Waals surface area contributed by atoms with Gasteiger partial charge < -0.3 is 10.2 Å². The zero-order valence-electron chi connectivity index (χ0n) is 19.4. The molecule has 1 saturated heterocycles. The molecule has 1 fully saturated rings. The predicted octanol–water partition coefficient (Wildman–Crippen LogP) is 2.25. The quantitative estimate of drug-likeness (QED) is 0.428. The number of likely N-dealkylation sites (N-methyl/N-ethyl adjacent to an activating group) is 1. The molecule has 2 aromatic carbocycles. The van der Waals surface area contributed by atoms with Crippen molar-refractivity contribution in [1.29, 1.82) is 0 Å². The first-order valence-electron chi connectivity index (χ1n) is 10.9. The highest BCUT2D eigenvalue weighted by atomic mass is 32.2. The Morgan fingerprint density at radius 1 is 0.912 bits per heavy atom. The molecule has 1 N–H and O–H groups in total. The summed E-state index contributed by atoms with van der Waals surface area (Å²) in [6, 6.07) is 15.2. The number of anilines is 1. The van der Waals surface area contributed by atoms with Crippen LogP contribution in [0.15, 0.2) is 59.5 Å². The first-order valence-corrected chi connectivity index (χ1v) is 12.4. The molecule has 2 heterocycles. The van der Waals surface area contributed by atoms with E-state index in [4.69, 9.17) is 0 Å². The van der Waals surface area contributed by atoms with Crippen molar-refractivity contribution in [3.05, 3.63) is 71.5 Å². The molecule has 0 radical (unpaired) electrons. The second kappa shape index (κ2) is 9.49. The van der Waals surface area contributed by atoms with Crippen molar-refractivity contribution < 1.29 is 18.0 Å². The van der Waals surface area contributed by atoms with Gasteiger partial charge in [0, 0.05) is 31.9 Å². The van der Waals surface area contributed by atoms with Crippen LogP contribution in [0.5, 0.6) is 0 Å². The number of para-hydroxylation sites is 1. The molecule has 0 bridgehead atoms. The van der Waals surface area contributed by atoms with E-state index in [9.17, 15) is 18.0 Å². The van der Waals surface area contributed by atoms with Crippen LogP contribution in [0.1, 0.15) is 21.7 Å². The first-order chi connectivity index (χ1) is 16.2. The van der Waals surface area contributed by atoms with E-state index in [0.717, 1.165) is 5.69 Å². The molecular weight excluding hydrogens is 454 g/mol. The van der Waals surface area contributed by atoms with Gasteiger partial charge in [-0.05, 0) is 57.3 Å². The highest BCUT2D eigenvalue weighted by Crippen LogP contribution is 2.21. The molecule has 1 aliphatic rings. The second-order valence-electron chi connectivity index (χ2n) is 8.31. The van der Waals surface area contributed by atoms with Crippen molar-refractivity contribution in [2.45, 2.75) is 18.7 Å². The number of Topliss-reactive ketones (excluding diaryl/α,β-unsaturated/α-hetero) is 1. The van der Waals surface area contributed by atoms with Crippen LogP contribution in [-0.4, -0.2) is 72.3 Å². The van der Waals surface area contributed by atoms with Gasteiger partial charge in [-0.3, -0.25) is 9.59 Å². The number of ketones is 1. The minimum absolute atomic E-state index is 0.150. The number of benzene rings is 2. The summed E-state index contributed by atoms with van der Waals surface area (Å²) in [5.41, 5.74) is 2.39. The molecule has 0 unspecified atom stereocenters. The Morgan fingerprint density at radius 3 is 2.15 bits per heavy atom. The summed E-state index contributed by atoms with van der Waals surface area (Å²) in [5, 5.41) is 6.99. The standard InChI is InChI=1S/C24H27N5O4S/c1-17-22(18(2)29(26-17)20-7-5-4-6-8-20)23(30)24(31)25-19-9-11-21(12-10-19)34(32,33)28-15-13-27(3)14-16-28/h4-12H,13-16H2,1-3H3,(H,25,31). The number of carbonyl (C=O) groups is 2. The Bertz CT molecular complexity index is 1310. The monoisotopic (exact) mass is 481 g/mol. The zero-order chi connectivity index (χ0) is 24.5. The molecule has 0 spiro atoms. The van der Waals surface area contributed by atoms with E-state index in [-0.39, 0.29) is 10.5 Å². The van der Waals surface area contributed by atoms with E-state index in [1.165, 1.54) is 28.6 Å². The molecule has 1 amide bonds. The predicted molar refractivity (Wildman–Crippen MR) is 129 cm³/mol. The van der Waals surface area contributed by atoms with Crippen LogP contribution in [0.3, 0.4) is 0 Å². The minimum atomic E-state index is -3.61. The lowest BCUT2D eigenvalue weighted by molar-refractivity contribution is -0.112. The summed E-state index contributed by atoms with van der Waals surface area (Å²) in [4.78, 5) is 27.8. The van der Waals surface area contributed by atoms with E-state index in [2.05, 4.69) is 15.3 Å². The summed E-state index contributed by atoms with van der Waals surface area (Å²) in [6.07, 6.45) is 0. The third-order valence-corrected chi connectivity index (χ3v) is 7.85. The topological polar surface area (TPSA) is 105 Å². The van der Waals surface area contributed by atoms with Crippen molar-refractivity contribution in [3.8, 4) is 5.69 Å². The van der Waals surface area contributed by atoms with Crippen LogP contribution in [0, 0.1) is 13.8 Å². The minimum Gasteiger partial charge on any atom is -0.319 e. The van der Waals surface area contributed by atoms with Gasteiger partial charge in [-0.15, -0.1) is 0 Å². The Kier molecular flexibility index (Phi) is 6.65. The number of hydrogen-bond donors (Lipinski definition) is 1. The number of aryl methyl sites for hydroxylation is 1. The van der Waals surface area contributed by atoms with Crippen LogP contribution in [0.25, 0.3) is 5.69 Å². The number of carbonyl (C=O) groups excluding carboxylic acids is 2. The number of sulfonamides is 1. The van der Waals surface area contributed by atoms with Crippen LogP contribution >= 0.6 is 0 Å². The molecule has 0 aliphatic carbocycles. The summed E-state index contributed by atoms with van der Waals surface area (Å²) >= 11 is 0. The maximum absolute atomic E-state index is 12.9. The van der Waals surface area contributed by atoms with E-state index in [1.807, 2.05) is 37.4 Å². The van der Waals surface area contributed by atoms with Gasteiger partial charge in [-0.25, -0.2) is 13.1 Å². The van der Waals surface area contributed by atoms with Gasteiger partial charge in [0.2, 0.25) is 10.0 Å². The largest absolute Gasteiger partial charge is 0.319 e. The van der Waals surface area contributed by atoms with Gasteiger partial charge >= 0.3 is 0 Å². The highest BCUT2D eigenvalue weighted by Gasteiger charge is 2.28. The summed E-state index contributed by atoms with van der Waals surface area (Å²) in [7, 11) is -1.65. The number of amides is 1. The molecule has 4 rings (SSSR count). The normalized spacial score (nSPS) is 15.3. The maximum Gasteiger partial charge on any atom is 0.296 e. The van der Waals surface area contributed by atoms with E-state index >= 15 is 0 Å². The van der Waals surface area contributed by atoms with Crippen molar-refractivity contribution in [2.75, 3.05) is 38.5 Å². The van der Waals surface area contributed by atoms with Crippen LogP contribution in [0.2, 0.25) is 0 Å². The van der Waals surface area contributed by atoms with Gasteiger partial charge in [-0.1, -0.05) is 18.2 Å². The molecule has 34 heavy (non-hydrogen) atoms. The van der Waals surface area contributed by atoms with Crippen LogP contribution in [-0.2, 0) is 14.8 Å². The average Bonchev–Trinajstić information content (AvgIpc) is 3.13. The SMILES string of the molecule is Cc1nn(-c2ccccc2)c(C)c1C(=O)C(=O)Nc1ccc(S(=O)(=O)N2CCN(C)CC2)cc1. The lowest BCUT2D eigenvalue weighted by Gasteiger charge is -2.31. The summed E-state index contributed by atoms with van der Waals surface area (Å²) in [6.45, 7) is 5.64. The van der Waals surface area contributed by atoms with Gasteiger partial charge in [0.25, 0.3) is 11.7 Å². The number of rotatable bonds is 6. The van der Waals surface area contributed by atoms with Crippen LogP contribution < -0.4 is 5.32 Å². The molecular formula is C24H27N5O4S. The molecule has 3 aromatic rings. The Morgan fingerprint density at radius 2 is 1.53 bits per heavy atom. The fourth-order valence-corrected chi connectivity index (χ4v) is 5.40.